The lowest BCUT2D eigenvalue weighted by Crippen LogP contribution is -2.57. The van der Waals surface area contributed by atoms with Gasteiger partial charge in [-0.15, -0.1) is 0 Å². The van der Waals surface area contributed by atoms with Gasteiger partial charge in [0.2, 0.25) is 0 Å². The molecule has 6 atom stereocenters. The van der Waals surface area contributed by atoms with Crippen LogP contribution >= 0.6 is 0 Å². The van der Waals surface area contributed by atoms with Crippen molar-refractivity contribution in [2.75, 3.05) is 44.4 Å². The third kappa shape index (κ3) is 7.18. The van der Waals surface area contributed by atoms with E-state index < -0.39 is 23.8 Å². The quantitative estimate of drug-likeness (QED) is 0.177. The number of hydrogen-bond donors (Lipinski definition) is 3. The number of benzene rings is 2. The van der Waals surface area contributed by atoms with E-state index >= 15 is 8.78 Å². The highest BCUT2D eigenvalue weighted by molar-refractivity contribution is 6.01. The predicted octanol–water partition coefficient (Wildman–Crippen LogP) is 6.70. The number of phenolic OH excluding ortho intramolecular Hbond substituents is 1. The Morgan fingerprint density at radius 3 is 2.57 bits per heavy atom. The summed E-state index contributed by atoms with van der Waals surface area (Å²) in [6.07, 6.45) is 10.9. The molecule has 6 heterocycles. The van der Waals surface area contributed by atoms with E-state index in [2.05, 4.69) is 9.88 Å². The molecule has 13 heteroatoms. The number of pyridine rings is 1. The molecule has 1 saturated carbocycles. The number of nitrogens with zero attached hydrogens (tertiary/aromatic N) is 5. The van der Waals surface area contributed by atoms with E-state index in [-0.39, 0.29) is 65.6 Å². The monoisotopic (exact) mass is 775 g/mol. The molecule has 0 amide bonds. The predicted molar refractivity (Wildman–Crippen MR) is 210 cm³/mol. The molecule has 0 radical (unpaired) electrons. The van der Waals surface area contributed by atoms with Gasteiger partial charge in [-0.25, -0.2) is 8.78 Å². The van der Waals surface area contributed by atoms with Crippen molar-refractivity contribution in [3.8, 4) is 23.0 Å². The molecule has 5 unspecified atom stereocenters. The first-order valence-corrected chi connectivity index (χ1v) is 20.7. The maximum absolute atomic E-state index is 17.2. The molecule has 3 N–H and O–H groups in total. The van der Waals surface area contributed by atoms with Crippen LogP contribution in [0.1, 0.15) is 84.1 Å². The van der Waals surface area contributed by atoms with Gasteiger partial charge in [0, 0.05) is 42.3 Å². The van der Waals surface area contributed by atoms with Gasteiger partial charge in [-0.1, -0.05) is 33.3 Å². The number of phenols is 1. The smallest absolute Gasteiger partial charge is 0.319 e. The van der Waals surface area contributed by atoms with Crippen LogP contribution in [-0.2, 0) is 15.9 Å². The SMILES string of the molecule is CC.CCc1c(F)ccc2cc(O)cc(-c3ncc4c(N5CC(O)CO[C@@H](CO)C5)nc(OCC56CCCC5N(C5CC7CCC(C5)O7)CCC6)nc4c3F)c12. The largest absolute Gasteiger partial charge is 0.508 e. The van der Waals surface area contributed by atoms with E-state index in [1.54, 1.807) is 11.0 Å². The summed E-state index contributed by atoms with van der Waals surface area (Å²) in [4.78, 5) is 18.6. The van der Waals surface area contributed by atoms with Crippen molar-refractivity contribution in [1.29, 1.82) is 0 Å². The van der Waals surface area contributed by atoms with Crippen molar-refractivity contribution in [1.82, 2.24) is 19.9 Å². The summed E-state index contributed by atoms with van der Waals surface area (Å²) in [6.45, 7) is 7.35. The van der Waals surface area contributed by atoms with Crippen LogP contribution in [-0.4, -0.2) is 111 Å². The minimum Gasteiger partial charge on any atom is -0.508 e. The Balaban J connectivity index is 0.00000217. The van der Waals surface area contributed by atoms with E-state index in [0.717, 1.165) is 64.3 Å². The number of halogens is 2. The third-order valence-corrected chi connectivity index (χ3v) is 12.9. The van der Waals surface area contributed by atoms with Crippen LogP contribution < -0.4 is 9.64 Å². The van der Waals surface area contributed by atoms with E-state index in [4.69, 9.17) is 24.2 Å². The molecule has 56 heavy (non-hydrogen) atoms. The lowest BCUT2D eigenvalue weighted by Gasteiger charge is -2.50. The second kappa shape index (κ2) is 16.2. The molecule has 4 saturated heterocycles. The lowest BCUT2D eigenvalue weighted by atomic mass is 9.74. The van der Waals surface area contributed by atoms with Crippen LogP contribution in [0.25, 0.3) is 32.9 Å². The Morgan fingerprint density at radius 1 is 1.02 bits per heavy atom. The number of β-amino-alcohol motifs (C(OH)–C–C–N with tert-alkyl or cyclic N) is 1. The maximum atomic E-state index is 17.2. The van der Waals surface area contributed by atoms with E-state index in [1.165, 1.54) is 24.4 Å². The van der Waals surface area contributed by atoms with Crippen LogP contribution in [0.15, 0.2) is 30.5 Å². The van der Waals surface area contributed by atoms with Gasteiger partial charge in [0.05, 0.1) is 49.6 Å². The number of likely N-dealkylation sites (tertiary alicyclic amines) is 1. The van der Waals surface area contributed by atoms with Gasteiger partial charge in [0.15, 0.2) is 5.82 Å². The number of anilines is 1. The molecular weight excluding hydrogens is 720 g/mol. The average molecular weight is 776 g/mol. The minimum absolute atomic E-state index is 0.0103. The Kier molecular flexibility index (Phi) is 11.3. The van der Waals surface area contributed by atoms with Crippen molar-refractivity contribution in [3.05, 3.63) is 47.7 Å². The zero-order valence-corrected chi connectivity index (χ0v) is 32.7. The summed E-state index contributed by atoms with van der Waals surface area (Å²) in [7, 11) is 0. The Labute approximate surface area is 327 Å². The molecule has 2 aromatic carbocycles. The van der Waals surface area contributed by atoms with Gasteiger partial charge < -0.3 is 34.4 Å². The highest BCUT2D eigenvalue weighted by Gasteiger charge is 2.51. The lowest BCUT2D eigenvalue weighted by molar-refractivity contribution is -0.0798. The van der Waals surface area contributed by atoms with Crippen LogP contribution in [0.4, 0.5) is 14.6 Å². The molecule has 11 nitrogen and oxygen atoms in total. The molecule has 5 aliphatic rings. The standard InChI is InChI=1S/C41H49F2N5O6.C2H6/c1-2-30-33(42)9-6-23-13-25(50)16-31(35(23)30)37-36(43)38-32(17-44-37)39(47-18-26(51)21-52-29(19-47)20-49)46-40(45-38)53-22-41-10-3-5-34(41)48(12-4-11-41)24-14-27-7-8-28(15-24)54-27;1-2/h6,9,13,16-17,24,26-29,34,49-51H,2-5,7-8,10-12,14-15,18-22H2,1H3;1-2H3/t24?,26?,27?,28?,29-,34?,41?;/m1./s1. The van der Waals surface area contributed by atoms with Gasteiger partial charge in [-0.2, -0.15) is 9.97 Å². The molecule has 4 aromatic rings. The zero-order chi connectivity index (χ0) is 39.1. The highest BCUT2D eigenvalue weighted by atomic mass is 19.1. The fraction of sp³-hybridized carbons (Fsp3) is 0.605. The minimum atomic E-state index is -0.888. The molecular formula is C43H55F2N5O6. The number of aromatic nitrogens is 3. The first-order chi connectivity index (χ1) is 27.2. The van der Waals surface area contributed by atoms with Gasteiger partial charge in [0.25, 0.3) is 0 Å². The summed E-state index contributed by atoms with van der Waals surface area (Å²) < 4.78 is 50.8. The van der Waals surface area contributed by atoms with Crippen molar-refractivity contribution in [3.63, 3.8) is 0 Å². The van der Waals surface area contributed by atoms with Crippen molar-refractivity contribution < 1.29 is 38.3 Å². The van der Waals surface area contributed by atoms with E-state index in [9.17, 15) is 15.3 Å². The molecule has 2 aromatic heterocycles. The average Bonchev–Trinajstić information content (AvgIpc) is 3.74. The molecule has 2 bridgehead atoms. The Bertz CT molecular complexity index is 2040. The first-order valence-electron chi connectivity index (χ1n) is 20.7. The molecule has 5 fully saturated rings. The number of ether oxygens (including phenoxy) is 3. The molecule has 0 spiro atoms. The van der Waals surface area contributed by atoms with Crippen LogP contribution in [0, 0.1) is 17.0 Å². The summed E-state index contributed by atoms with van der Waals surface area (Å²) in [5.41, 5.74) is 0.416. The fourth-order valence-electron chi connectivity index (χ4n) is 10.4. The number of aliphatic hydroxyl groups excluding tert-OH is 2. The van der Waals surface area contributed by atoms with E-state index in [1.807, 2.05) is 20.8 Å². The fourth-order valence-corrected chi connectivity index (χ4v) is 10.4. The molecule has 9 rings (SSSR count). The number of aryl methyl sites for hydroxylation is 1. The number of rotatable bonds is 8. The van der Waals surface area contributed by atoms with Crippen LogP contribution in [0.5, 0.6) is 11.8 Å². The zero-order valence-electron chi connectivity index (χ0n) is 32.7. The second-order valence-corrected chi connectivity index (χ2v) is 16.2. The number of aliphatic hydroxyl groups is 2. The summed E-state index contributed by atoms with van der Waals surface area (Å²) in [6, 6.07) is 6.74. The molecule has 1 aliphatic carbocycles. The number of aromatic hydroxyl groups is 1. The second-order valence-electron chi connectivity index (χ2n) is 16.2. The van der Waals surface area contributed by atoms with Crippen LogP contribution in [0.3, 0.4) is 0 Å². The Hall–Kier alpha value is -3.75. The van der Waals surface area contributed by atoms with Gasteiger partial charge >= 0.3 is 6.01 Å². The van der Waals surface area contributed by atoms with E-state index in [0.29, 0.717) is 59.5 Å². The van der Waals surface area contributed by atoms with Gasteiger partial charge in [-0.3, -0.25) is 9.88 Å². The topological polar surface area (TPSA) is 134 Å². The van der Waals surface area contributed by atoms with Crippen molar-refractivity contribution >= 4 is 27.5 Å². The van der Waals surface area contributed by atoms with Gasteiger partial charge in [-0.05, 0) is 98.9 Å². The molecule has 4 aliphatic heterocycles. The Morgan fingerprint density at radius 2 is 1.80 bits per heavy atom. The highest BCUT2D eigenvalue weighted by Crippen LogP contribution is 2.50. The van der Waals surface area contributed by atoms with Crippen molar-refractivity contribution in [2.24, 2.45) is 5.41 Å². The summed E-state index contributed by atoms with van der Waals surface area (Å²) in [5, 5.41) is 32.9. The number of hydrogen-bond acceptors (Lipinski definition) is 11. The summed E-state index contributed by atoms with van der Waals surface area (Å²) >= 11 is 0. The van der Waals surface area contributed by atoms with Crippen LogP contribution in [0.2, 0.25) is 0 Å². The maximum Gasteiger partial charge on any atom is 0.319 e. The van der Waals surface area contributed by atoms with Gasteiger partial charge in [0.1, 0.15) is 28.6 Å². The third-order valence-electron chi connectivity index (χ3n) is 12.9. The normalized spacial score (nSPS) is 29.2. The first kappa shape index (κ1) is 39.1. The number of piperidine rings is 1. The van der Waals surface area contributed by atoms with Crippen molar-refractivity contribution in [2.45, 2.75) is 121 Å². The molecule has 302 valence electrons. The summed E-state index contributed by atoms with van der Waals surface area (Å²) in [5.74, 6) is -0.984. The number of fused-ring (bicyclic) bond motifs is 5.